The van der Waals surface area contributed by atoms with Crippen LogP contribution in [-0.4, -0.2) is 41.5 Å². The zero-order valence-electron chi connectivity index (χ0n) is 14.1. The molecule has 2 fully saturated rings. The van der Waals surface area contributed by atoms with E-state index >= 15 is 0 Å². The highest BCUT2D eigenvalue weighted by Crippen LogP contribution is 2.34. The van der Waals surface area contributed by atoms with Gasteiger partial charge >= 0.3 is 0 Å². The van der Waals surface area contributed by atoms with Crippen LogP contribution < -0.4 is 5.32 Å². The maximum absolute atomic E-state index is 12.4. The maximum atomic E-state index is 12.4. The third-order valence-corrected chi connectivity index (χ3v) is 6.29. The molecule has 4 nitrogen and oxygen atoms in total. The number of carbonyl (C=O) groups excluding carboxylic acids is 1. The molecule has 1 N–H and O–H groups in total. The van der Waals surface area contributed by atoms with Gasteiger partial charge in [-0.2, -0.15) is 0 Å². The lowest BCUT2D eigenvalue weighted by atomic mass is 9.97. The molecule has 138 valence electrons. The van der Waals surface area contributed by atoms with Crippen molar-refractivity contribution in [1.29, 1.82) is 0 Å². The molecule has 1 amide bonds. The Morgan fingerprint density at radius 2 is 1.96 bits per heavy atom. The molecule has 0 spiro atoms. The summed E-state index contributed by atoms with van der Waals surface area (Å²) in [5, 5.41) is 4.67. The summed E-state index contributed by atoms with van der Waals surface area (Å²) in [7, 11) is 0. The van der Waals surface area contributed by atoms with Crippen LogP contribution >= 0.6 is 36.2 Å². The van der Waals surface area contributed by atoms with E-state index in [0.717, 1.165) is 44.4 Å². The number of piperidine rings is 1. The summed E-state index contributed by atoms with van der Waals surface area (Å²) >= 11 is 1.82. The lowest BCUT2D eigenvalue weighted by Crippen LogP contribution is -2.40. The zero-order chi connectivity index (χ0) is 15.6. The molecular formula is C18H25Cl2N3OS. The molecule has 2 aliphatic rings. The fraction of sp³-hybridized carbons (Fsp3) is 0.556. The van der Waals surface area contributed by atoms with E-state index < -0.39 is 0 Å². The molecule has 2 aliphatic heterocycles. The van der Waals surface area contributed by atoms with E-state index in [2.05, 4.69) is 28.4 Å². The van der Waals surface area contributed by atoms with Crippen molar-refractivity contribution in [2.45, 2.75) is 44.1 Å². The van der Waals surface area contributed by atoms with Gasteiger partial charge in [-0.05, 0) is 44.4 Å². The Balaban J connectivity index is 0.00000113. The van der Waals surface area contributed by atoms with Gasteiger partial charge in [0.15, 0.2) is 0 Å². The van der Waals surface area contributed by atoms with E-state index in [1.165, 1.54) is 16.1 Å². The number of halogens is 2. The molecule has 0 aliphatic carbocycles. The second kappa shape index (κ2) is 9.17. The number of benzene rings is 1. The van der Waals surface area contributed by atoms with E-state index in [0.29, 0.717) is 24.3 Å². The lowest BCUT2D eigenvalue weighted by Gasteiger charge is -2.31. The molecule has 7 heteroatoms. The number of nitrogens with one attached hydrogen (secondary N) is 1. The minimum Gasteiger partial charge on any atom is -0.343 e. The third-order valence-electron chi connectivity index (χ3n) is 5.09. The maximum Gasteiger partial charge on any atom is 0.224 e. The second-order valence-corrected chi connectivity index (χ2v) is 7.73. The summed E-state index contributed by atoms with van der Waals surface area (Å²) in [5.74, 6) is 0.841. The molecule has 2 saturated heterocycles. The average Bonchev–Trinajstić information content (AvgIpc) is 3.24. The fourth-order valence-corrected chi connectivity index (χ4v) is 4.85. The summed E-state index contributed by atoms with van der Waals surface area (Å²) in [6, 6.07) is 8.75. The van der Waals surface area contributed by atoms with Crippen molar-refractivity contribution < 1.29 is 4.79 Å². The summed E-state index contributed by atoms with van der Waals surface area (Å²) < 4.78 is 1.27. The van der Waals surface area contributed by atoms with Crippen LogP contribution in [0.25, 0.3) is 10.2 Å². The van der Waals surface area contributed by atoms with Crippen molar-refractivity contribution >= 4 is 52.3 Å². The van der Waals surface area contributed by atoms with Gasteiger partial charge in [0, 0.05) is 31.5 Å². The lowest BCUT2D eigenvalue weighted by molar-refractivity contribution is -0.132. The summed E-state index contributed by atoms with van der Waals surface area (Å²) in [6.45, 7) is 2.83. The van der Waals surface area contributed by atoms with Gasteiger partial charge in [-0.1, -0.05) is 12.1 Å². The molecule has 1 atom stereocenters. The molecule has 1 aromatic carbocycles. The van der Waals surface area contributed by atoms with Crippen molar-refractivity contribution in [1.82, 2.24) is 15.2 Å². The van der Waals surface area contributed by atoms with Gasteiger partial charge in [0.2, 0.25) is 5.91 Å². The van der Waals surface area contributed by atoms with E-state index in [4.69, 9.17) is 4.98 Å². The molecule has 4 rings (SSSR count). The summed E-state index contributed by atoms with van der Waals surface area (Å²) in [4.78, 5) is 19.3. The SMILES string of the molecule is Cl.Cl.O=C(CC1CCCN1)N1CCC(c2nc3ccccc3s2)CC1. The van der Waals surface area contributed by atoms with Crippen molar-refractivity contribution in [3.63, 3.8) is 0 Å². The van der Waals surface area contributed by atoms with Crippen molar-refractivity contribution in [3.8, 4) is 0 Å². The molecule has 0 saturated carbocycles. The van der Waals surface area contributed by atoms with E-state index in [9.17, 15) is 4.79 Å². The Kier molecular flexibility index (Phi) is 7.50. The number of aromatic nitrogens is 1. The first-order valence-electron chi connectivity index (χ1n) is 8.66. The molecule has 3 heterocycles. The molecule has 1 unspecified atom stereocenters. The Morgan fingerprint density at radius 3 is 2.64 bits per heavy atom. The van der Waals surface area contributed by atoms with Crippen LogP contribution in [0.5, 0.6) is 0 Å². The molecule has 2 aromatic rings. The predicted molar refractivity (Wildman–Crippen MR) is 108 cm³/mol. The second-order valence-electron chi connectivity index (χ2n) is 6.67. The minimum absolute atomic E-state index is 0. The van der Waals surface area contributed by atoms with Crippen molar-refractivity contribution in [2.75, 3.05) is 19.6 Å². The van der Waals surface area contributed by atoms with E-state index in [1.54, 1.807) is 0 Å². The quantitative estimate of drug-likeness (QED) is 0.845. The Labute approximate surface area is 165 Å². The van der Waals surface area contributed by atoms with Crippen LogP contribution in [0.4, 0.5) is 0 Å². The number of fused-ring (bicyclic) bond motifs is 1. The Hall–Kier alpha value is -0.880. The Morgan fingerprint density at radius 1 is 1.20 bits per heavy atom. The number of hydrogen-bond donors (Lipinski definition) is 1. The minimum atomic E-state index is 0. The highest BCUT2D eigenvalue weighted by molar-refractivity contribution is 7.18. The number of nitrogens with zero attached hydrogens (tertiary/aromatic N) is 2. The highest BCUT2D eigenvalue weighted by atomic mass is 35.5. The number of amides is 1. The van der Waals surface area contributed by atoms with Crippen molar-refractivity contribution in [2.24, 2.45) is 0 Å². The summed E-state index contributed by atoms with van der Waals surface area (Å²) in [5.41, 5.74) is 1.11. The van der Waals surface area contributed by atoms with Crippen molar-refractivity contribution in [3.05, 3.63) is 29.3 Å². The van der Waals surface area contributed by atoms with Crippen LogP contribution in [0.2, 0.25) is 0 Å². The van der Waals surface area contributed by atoms with Crippen LogP contribution in [0.3, 0.4) is 0 Å². The highest BCUT2D eigenvalue weighted by Gasteiger charge is 2.27. The average molecular weight is 402 g/mol. The zero-order valence-corrected chi connectivity index (χ0v) is 16.6. The van der Waals surface area contributed by atoms with E-state index in [-0.39, 0.29) is 24.8 Å². The molecule has 0 radical (unpaired) electrons. The molecule has 0 bridgehead atoms. The number of thiazole rings is 1. The monoisotopic (exact) mass is 401 g/mol. The largest absolute Gasteiger partial charge is 0.343 e. The van der Waals surface area contributed by atoms with Gasteiger partial charge in [0.25, 0.3) is 0 Å². The first kappa shape index (κ1) is 20.4. The fourth-order valence-electron chi connectivity index (χ4n) is 3.71. The summed E-state index contributed by atoms with van der Waals surface area (Å²) in [6.07, 6.45) is 5.12. The number of rotatable bonds is 3. The number of likely N-dealkylation sites (tertiary alicyclic amines) is 1. The van der Waals surface area contributed by atoms with Gasteiger partial charge in [0.05, 0.1) is 15.2 Å². The first-order chi connectivity index (χ1) is 11.3. The standard InChI is InChI=1S/C18H23N3OS.2ClH/c22-17(12-14-4-3-9-19-14)21-10-7-13(8-11-21)18-20-15-5-1-2-6-16(15)23-18;;/h1-2,5-6,13-14,19H,3-4,7-12H2;2*1H. The smallest absolute Gasteiger partial charge is 0.224 e. The molecule has 1 aromatic heterocycles. The van der Waals surface area contributed by atoms with Crippen LogP contribution in [0, 0.1) is 0 Å². The predicted octanol–water partition coefficient (Wildman–Crippen LogP) is 3.99. The van der Waals surface area contributed by atoms with E-state index in [1.807, 2.05) is 17.4 Å². The first-order valence-corrected chi connectivity index (χ1v) is 9.48. The topological polar surface area (TPSA) is 45.2 Å². The van der Waals surface area contributed by atoms with Gasteiger partial charge in [-0.3, -0.25) is 4.79 Å². The van der Waals surface area contributed by atoms with Gasteiger partial charge in [0.1, 0.15) is 0 Å². The number of hydrogen-bond acceptors (Lipinski definition) is 4. The number of carbonyl (C=O) groups is 1. The van der Waals surface area contributed by atoms with Crippen LogP contribution in [0.1, 0.15) is 43.0 Å². The van der Waals surface area contributed by atoms with Gasteiger partial charge < -0.3 is 10.2 Å². The Bertz CT molecular complexity index is 661. The van der Waals surface area contributed by atoms with Gasteiger partial charge in [-0.25, -0.2) is 4.98 Å². The van der Waals surface area contributed by atoms with Crippen LogP contribution in [0.15, 0.2) is 24.3 Å². The van der Waals surface area contributed by atoms with Crippen LogP contribution in [-0.2, 0) is 4.79 Å². The molecule has 25 heavy (non-hydrogen) atoms. The normalized spacial score (nSPS) is 21.0. The third kappa shape index (κ3) is 4.64. The number of para-hydroxylation sites is 1. The van der Waals surface area contributed by atoms with Gasteiger partial charge in [-0.15, -0.1) is 36.2 Å². The molecular weight excluding hydrogens is 377 g/mol.